The number of halogens is 1. The molecule has 1 fully saturated rings. The molecule has 3 rings (SSSR count). The molecule has 0 atom stereocenters. The number of amides is 1. The maximum Gasteiger partial charge on any atom is 0.276 e. The Balaban J connectivity index is 1.70. The van der Waals surface area contributed by atoms with Crippen LogP contribution >= 0.6 is 12.2 Å². The summed E-state index contributed by atoms with van der Waals surface area (Å²) in [6.45, 7) is 2.73. The van der Waals surface area contributed by atoms with Crippen molar-refractivity contribution in [2.75, 3.05) is 13.6 Å². The molecule has 0 bridgehead atoms. The number of likely N-dealkylation sites (N-methyl/N-ethyl adjacent to an activating group) is 2. The van der Waals surface area contributed by atoms with E-state index in [0.29, 0.717) is 29.7 Å². The second-order valence-electron chi connectivity index (χ2n) is 5.91. The van der Waals surface area contributed by atoms with E-state index in [9.17, 15) is 9.18 Å². The highest BCUT2D eigenvalue weighted by Gasteiger charge is 2.34. The first-order valence-corrected chi connectivity index (χ1v) is 8.69. The van der Waals surface area contributed by atoms with Crippen LogP contribution in [0.1, 0.15) is 18.1 Å². The van der Waals surface area contributed by atoms with E-state index in [1.54, 1.807) is 29.0 Å². The number of nitrogens with zero attached hydrogens (tertiary/aromatic N) is 2. The highest BCUT2D eigenvalue weighted by Crippen LogP contribution is 2.23. The number of carbonyl (C=O) groups is 1. The molecule has 1 heterocycles. The minimum Gasteiger partial charge on any atom is -0.489 e. The number of hydrogen-bond acceptors (Lipinski definition) is 3. The molecule has 0 saturated carbocycles. The smallest absolute Gasteiger partial charge is 0.276 e. The lowest BCUT2D eigenvalue weighted by molar-refractivity contribution is -0.122. The first-order chi connectivity index (χ1) is 12.5. The van der Waals surface area contributed by atoms with Crippen molar-refractivity contribution in [2.45, 2.75) is 13.5 Å². The second kappa shape index (κ2) is 7.66. The molecule has 0 radical (unpaired) electrons. The summed E-state index contributed by atoms with van der Waals surface area (Å²) in [6, 6.07) is 13.7. The quantitative estimate of drug-likeness (QED) is 0.592. The van der Waals surface area contributed by atoms with Gasteiger partial charge in [0.1, 0.15) is 23.9 Å². The van der Waals surface area contributed by atoms with Crippen molar-refractivity contribution in [1.29, 1.82) is 0 Å². The van der Waals surface area contributed by atoms with Crippen LogP contribution in [0.4, 0.5) is 4.39 Å². The fraction of sp³-hybridized carbons (Fsp3) is 0.200. The number of benzene rings is 2. The summed E-state index contributed by atoms with van der Waals surface area (Å²) in [4.78, 5) is 15.7. The topological polar surface area (TPSA) is 32.8 Å². The van der Waals surface area contributed by atoms with Gasteiger partial charge in [-0.2, -0.15) is 0 Å². The lowest BCUT2D eigenvalue weighted by Crippen LogP contribution is -2.30. The van der Waals surface area contributed by atoms with Crippen LogP contribution in [0.5, 0.6) is 5.75 Å². The summed E-state index contributed by atoms with van der Waals surface area (Å²) in [6.07, 6.45) is 1.81. The van der Waals surface area contributed by atoms with Crippen molar-refractivity contribution in [3.05, 3.63) is 71.2 Å². The number of hydrogen-bond donors (Lipinski definition) is 0. The van der Waals surface area contributed by atoms with Gasteiger partial charge in [0.2, 0.25) is 0 Å². The average molecular weight is 370 g/mol. The standard InChI is InChI=1S/C20H19FN2O2S/c1-3-23-19(24)18(22(2)20(23)26)12-14-7-9-17(10-8-14)25-13-15-5-4-6-16(21)11-15/h4-12H,3,13H2,1-2H3/b18-12+. The summed E-state index contributed by atoms with van der Waals surface area (Å²) < 4.78 is 18.8. The molecule has 134 valence electrons. The van der Waals surface area contributed by atoms with E-state index in [-0.39, 0.29) is 11.7 Å². The van der Waals surface area contributed by atoms with Gasteiger partial charge in [0.05, 0.1) is 0 Å². The van der Waals surface area contributed by atoms with E-state index in [4.69, 9.17) is 17.0 Å². The van der Waals surface area contributed by atoms with Gasteiger partial charge in [-0.25, -0.2) is 4.39 Å². The molecule has 2 aromatic carbocycles. The fourth-order valence-corrected chi connectivity index (χ4v) is 3.01. The van der Waals surface area contributed by atoms with Crippen LogP contribution in [-0.2, 0) is 11.4 Å². The molecule has 0 spiro atoms. The van der Waals surface area contributed by atoms with Gasteiger partial charge < -0.3 is 9.64 Å². The van der Waals surface area contributed by atoms with Crippen molar-refractivity contribution < 1.29 is 13.9 Å². The van der Waals surface area contributed by atoms with Crippen LogP contribution in [0, 0.1) is 5.82 Å². The lowest BCUT2D eigenvalue weighted by atomic mass is 10.1. The Morgan fingerprint density at radius 2 is 1.92 bits per heavy atom. The Hall–Kier alpha value is -2.73. The van der Waals surface area contributed by atoms with Gasteiger partial charge in [0.15, 0.2) is 5.11 Å². The Bertz CT molecular complexity index is 864. The highest BCUT2D eigenvalue weighted by molar-refractivity contribution is 7.80. The van der Waals surface area contributed by atoms with Gasteiger partial charge in [0, 0.05) is 13.6 Å². The van der Waals surface area contributed by atoms with Crippen LogP contribution in [0.15, 0.2) is 54.2 Å². The highest BCUT2D eigenvalue weighted by atomic mass is 32.1. The van der Waals surface area contributed by atoms with E-state index < -0.39 is 0 Å². The molecule has 1 aliphatic rings. The van der Waals surface area contributed by atoms with Crippen molar-refractivity contribution in [3.8, 4) is 5.75 Å². The van der Waals surface area contributed by atoms with Crippen molar-refractivity contribution in [3.63, 3.8) is 0 Å². The van der Waals surface area contributed by atoms with Crippen LogP contribution in [0.3, 0.4) is 0 Å². The van der Waals surface area contributed by atoms with Crippen LogP contribution in [0.2, 0.25) is 0 Å². The summed E-state index contributed by atoms with van der Waals surface area (Å²) in [7, 11) is 1.79. The molecule has 0 N–H and O–H groups in total. The Kier molecular flexibility index (Phi) is 5.32. The van der Waals surface area contributed by atoms with Crippen molar-refractivity contribution >= 4 is 29.3 Å². The van der Waals surface area contributed by atoms with E-state index in [0.717, 1.165) is 11.1 Å². The molecular formula is C20H19FN2O2S. The first-order valence-electron chi connectivity index (χ1n) is 8.28. The molecule has 1 amide bonds. The van der Waals surface area contributed by atoms with Gasteiger partial charge in [-0.15, -0.1) is 0 Å². The zero-order valence-corrected chi connectivity index (χ0v) is 15.4. The molecule has 1 saturated heterocycles. The molecule has 6 heteroatoms. The third-order valence-electron chi connectivity index (χ3n) is 4.14. The summed E-state index contributed by atoms with van der Waals surface area (Å²) in [5.41, 5.74) is 2.19. The monoisotopic (exact) mass is 370 g/mol. The minimum atomic E-state index is -0.280. The van der Waals surface area contributed by atoms with Crippen LogP contribution in [-0.4, -0.2) is 34.4 Å². The zero-order valence-electron chi connectivity index (χ0n) is 14.6. The first kappa shape index (κ1) is 18.1. The predicted molar refractivity (Wildman–Crippen MR) is 103 cm³/mol. The minimum absolute atomic E-state index is 0.0913. The fourth-order valence-electron chi connectivity index (χ4n) is 2.70. The summed E-state index contributed by atoms with van der Waals surface area (Å²) in [5, 5.41) is 0.513. The number of carbonyl (C=O) groups excluding carboxylic acids is 1. The molecule has 26 heavy (non-hydrogen) atoms. The third kappa shape index (κ3) is 3.75. The normalized spacial score (nSPS) is 15.9. The molecule has 0 unspecified atom stereocenters. The molecule has 2 aromatic rings. The third-order valence-corrected chi connectivity index (χ3v) is 4.63. The zero-order chi connectivity index (χ0) is 18.7. The molecule has 0 aromatic heterocycles. The Morgan fingerprint density at radius 1 is 1.19 bits per heavy atom. The second-order valence-corrected chi connectivity index (χ2v) is 6.27. The summed E-state index contributed by atoms with van der Waals surface area (Å²) in [5.74, 6) is 0.303. The summed E-state index contributed by atoms with van der Waals surface area (Å²) >= 11 is 5.29. The molecule has 0 aliphatic carbocycles. The Labute approximate surface area is 157 Å². The van der Waals surface area contributed by atoms with Crippen molar-refractivity contribution in [2.24, 2.45) is 0 Å². The van der Waals surface area contributed by atoms with Crippen LogP contribution < -0.4 is 4.74 Å². The van der Waals surface area contributed by atoms with Crippen molar-refractivity contribution in [1.82, 2.24) is 9.80 Å². The maximum atomic E-state index is 13.2. The predicted octanol–water partition coefficient (Wildman–Crippen LogP) is 3.82. The Morgan fingerprint density at radius 3 is 2.54 bits per heavy atom. The molecular weight excluding hydrogens is 351 g/mol. The number of ether oxygens (including phenoxy) is 1. The van der Waals surface area contributed by atoms with Gasteiger partial charge in [-0.1, -0.05) is 24.3 Å². The maximum absolute atomic E-state index is 13.2. The van der Waals surface area contributed by atoms with E-state index >= 15 is 0 Å². The largest absolute Gasteiger partial charge is 0.489 e. The SMILES string of the molecule is CCN1C(=O)/C(=C\c2ccc(OCc3cccc(F)c3)cc2)N(C)C1=S. The van der Waals surface area contributed by atoms with Gasteiger partial charge in [0.25, 0.3) is 5.91 Å². The number of rotatable bonds is 5. The number of thiocarbonyl (C=S) groups is 1. The van der Waals surface area contributed by atoms with E-state index in [1.165, 1.54) is 12.1 Å². The van der Waals surface area contributed by atoms with Crippen LogP contribution in [0.25, 0.3) is 6.08 Å². The van der Waals surface area contributed by atoms with Gasteiger partial charge >= 0.3 is 0 Å². The molecule has 4 nitrogen and oxygen atoms in total. The van der Waals surface area contributed by atoms with E-state index in [1.807, 2.05) is 37.3 Å². The van der Waals surface area contributed by atoms with Gasteiger partial charge in [-0.3, -0.25) is 9.69 Å². The molecule has 1 aliphatic heterocycles. The van der Waals surface area contributed by atoms with E-state index in [2.05, 4.69) is 0 Å². The van der Waals surface area contributed by atoms with Gasteiger partial charge in [-0.05, 0) is 60.6 Å². The lowest BCUT2D eigenvalue weighted by Gasteiger charge is -2.13. The average Bonchev–Trinajstić information content (AvgIpc) is 2.84.